The first-order chi connectivity index (χ1) is 5.81. The van der Waals surface area contributed by atoms with Gasteiger partial charge in [0.1, 0.15) is 6.61 Å². The van der Waals surface area contributed by atoms with E-state index in [1.165, 1.54) is 0 Å². The van der Waals surface area contributed by atoms with E-state index in [0.29, 0.717) is 5.03 Å². The van der Waals surface area contributed by atoms with Crippen LogP contribution in [0, 0.1) is 0 Å². The molecule has 0 rings (SSSR count). The number of carbonyl (C=O) groups excluding carboxylic acids is 1. The summed E-state index contributed by atoms with van der Waals surface area (Å²) in [7, 11) is 0. The fourth-order valence-corrected chi connectivity index (χ4v) is 0.594. The van der Waals surface area contributed by atoms with Crippen molar-refractivity contribution in [3.8, 4) is 0 Å². The first-order valence-corrected chi connectivity index (χ1v) is 4.43. The molecule has 1 amide bonds. The van der Waals surface area contributed by atoms with E-state index in [-0.39, 0.29) is 24.7 Å². The Morgan fingerprint density at radius 2 is 2.08 bits per heavy atom. The Morgan fingerprint density at radius 1 is 1.54 bits per heavy atom. The molecule has 13 heavy (non-hydrogen) atoms. The van der Waals surface area contributed by atoms with Gasteiger partial charge in [0.2, 0.25) is 5.91 Å². The second-order valence-electron chi connectivity index (χ2n) is 3.70. The van der Waals surface area contributed by atoms with Crippen LogP contribution in [0.4, 0.5) is 0 Å². The summed E-state index contributed by atoms with van der Waals surface area (Å²) in [6.07, 6.45) is 0. The lowest BCUT2D eigenvalue weighted by molar-refractivity contribution is -0.130. The van der Waals surface area contributed by atoms with Crippen LogP contribution in [0.5, 0.6) is 0 Å². The summed E-state index contributed by atoms with van der Waals surface area (Å²) in [5.41, 5.74) is -0.296. The predicted octanol–water partition coefficient (Wildman–Crippen LogP) is 1.67. The smallest absolute Gasteiger partial charge is 0.246 e. The van der Waals surface area contributed by atoms with Gasteiger partial charge in [-0.25, -0.2) is 0 Å². The minimum Gasteiger partial charge on any atom is -0.366 e. The number of hydrogen-bond acceptors (Lipinski definition) is 2. The summed E-state index contributed by atoms with van der Waals surface area (Å²) < 4.78 is 5.24. The molecule has 0 fully saturated rings. The van der Waals surface area contributed by atoms with E-state index in [1.807, 2.05) is 20.8 Å². The summed E-state index contributed by atoms with van der Waals surface area (Å²) >= 11 is 5.46. The van der Waals surface area contributed by atoms with Gasteiger partial charge >= 0.3 is 0 Å². The Labute approximate surface area is 84.1 Å². The quantitative estimate of drug-likeness (QED) is 0.759. The number of rotatable bonds is 4. The molecule has 0 bridgehead atoms. The van der Waals surface area contributed by atoms with Crippen LogP contribution in [0.15, 0.2) is 11.6 Å². The van der Waals surface area contributed by atoms with Crippen LogP contribution in [0.1, 0.15) is 20.8 Å². The van der Waals surface area contributed by atoms with E-state index in [0.717, 1.165) is 0 Å². The van der Waals surface area contributed by atoms with Crippen molar-refractivity contribution in [3.05, 3.63) is 11.6 Å². The van der Waals surface area contributed by atoms with Gasteiger partial charge in [-0.15, -0.1) is 0 Å². The van der Waals surface area contributed by atoms with E-state index >= 15 is 0 Å². The summed E-state index contributed by atoms with van der Waals surface area (Å²) in [4.78, 5) is 11.1. The number of halogens is 1. The van der Waals surface area contributed by atoms with E-state index in [2.05, 4.69) is 11.9 Å². The molecule has 0 atom stereocenters. The highest BCUT2D eigenvalue weighted by Crippen LogP contribution is 2.05. The maximum atomic E-state index is 11.1. The van der Waals surface area contributed by atoms with Gasteiger partial charge in [-0.2, -0.15) is 0 Å². The van der Waals surface area contributed by atoms with Crippen molar-refractivity contribution in [3.63, 3.8) is 0 Å². The molecule has 0 saturated carbocycles. The van der Waals surface area contributed by atoms with Crippen LogP contribution >= 0.6 is 11.6 Å². The Balaban J connectivity index is 3.58. The third-order valence-electron chi connectivity index (χ3n) is 1.11. The highest BCUT2D eigenvalue weighted by Gasteiger charge is 2.12. The van der Waals surface area contributed by atoms with Gasteiger partial charge < -0.3 is 10.1 Å². The Hall–Kier alpha value is -0.540. The molecule has 1 N–H and O–H groups in total. The second-order valence-corrected chi connectivity index (χ2v) is 4.23. The van der Waals surface area contributed by atoms with Crippen molar-refractivity contribution in [2.45, 2.75) is 26.4 Å². The molecule has 4 heteroatoms. The third kappa shape index (κ3) is 9.37. The molecule has 0 radical (unpaired) electrons. The molecule has 0 aromatic carbocycles. The number of carbonyl (C=O) groups is 1. The van der Waals surface area contributed by atoms with Crippen LogP contribution in [-0.4, -0.2) is 24.7 Å². The van der Waals surface area contributed by atoms with E-state index in [9.17, 15) is 4.79 Å². The second kappa shape index (κ2) is 5.25. The highest BCUT2D eigenvalue weighted by molar-refractivity contribution is 6.29. The monoisotopic (exact) mass is 205 g/mol. The molecule has 76 valence electrons. The molecular weight excluding hydrogens is 190 g/mol. The van der Waals surface area contributed by atoms with E-state index in [4.69, 9.17) is 16.3 Å². The van der Waals surface area contributed by atoms with Crippen molar-refractivity contribution in [2.75, 3.05) is 13.2 Å². The largest absolute Gasteiger partial charge is 0.366 e. The highest BCUT2D eigenvalue weighted by atomic mass is 35.5. The van der Waals surface area contributed by atoms with Crippen molar-refractivity contribution < 1.29 is 9.53 Å². The molecule has 0 saturated heterocycles. The van der Waals surface area contributed by atoms with Crippen LogP contribution in [-0.2, 0) is 9.53 Å². The Bertz CT molecular complexity index is 196. The third-order valence-corrected chi connectivity index (χ3v) is 1.25. The number of amides is 1. The lowest BCUT2D eigenvalue weighted by Gasteiger charge is -2.18. The fourth-order valence-electron chi connectivity index (χ4n) is 0.528. The zero-order chi connectivity index (χ0) is 10.5. The molecule has 3 nitrogen and oxygen atoms in total. The SMILES string of the molecule is C=C(Cl)CNC(=O)COC(C)(C)C. The maximum Gasteiger partial charge on any atom is 0.246 e. The zero-order valence-electron chi connectivity index (χ0n) is 8.32. The predicted molar refractivity (Wildman–Crippen MR) is 53.7 cm³/mol. The number of hydrogen-bond donors (Lipinski definition) is 1. The Kier molecular flexibility index (Phi) is 5.03. The molecule has 0 aliphatic rings. The summed E-state index contributed by atoms with van der Waals surface area (Å²) in [6, 6.07) is 0. The van der Waals surface area contributed by atoms with Crippen molar-refractivity contribution in [2.24, 2.45) is 0 Å². The standard InChI is InChI=1S/C9H16ClNO2/c1-7(10)5-11-8(12)6-13-9(2,3)4/h1,5-6H2,2-4H3,(H,11,12). The van der Waals surface area contributed by atoms with Crippen molar-refractivity contribution >= 4 is 17.5 Å². The van der Waals surface area contributed by atoms with Gasteiger partial charge in [-0.05, 0) is 20.8 Å². The van der Waals surface area contributed by atoms with Crippen LogP contribution in [0.25, 0.3) is 0 Å². The summed E-state index contributed by atoms with van der Waals surface area (Å²) in [5.74, 6) is -0.184. The molecule has 0 aromatic rings. The first kappa shape index (κ1) is 12.5. The van der Waals surface area contributed by atoms with Gasteiger partial charge in [-0.3, -0.25) is 4.79 Å². The number of ether oxygens (including phenoxy) is 1. The average molecular weight is 206 g/mol. The topological polar surface area (TPSA) is 38.3 Å². The molecule has 0 aliphatic carbocycles. The van der Waals surface area contributed by atoms with Crippen molar-refractivity contribution in [1.82, 2.24) is 5.32 Å². The molecule has 0 aliphatic heterocycles. The van der Waals surface area contributed by atoms with Gasteiger partial charge in [0.15, 0.2) is 0 Å². The van der Waals surface area contributed by atoms with E-state index < -0.39 is 0 Å². The zero-order valence-corrected chi connectivity index (χ0v) is 9.07. The molecule has 0 unspecified atom stereocenters. The fraction of sp³-hybridized carbons (Fsp3) is 0.667. The Morgan fingerprint density at radius 3 is 2.46 bits per heavy atom. The minimum absolute atomic E-state index is 0.0493. The molecular formula is C9H16ClNO2. The normalized spacial score (nSPS) is 11.1. The van der Waals surface area contributed by atoms with Crippen LogP contribution in [0.3, 0.4) is 0 Å². The lowest BCUT2D eigenvalue weighted by Crippen LogP contribution is -2.32. The van der Waals surface area contributed by atoms with E-state index in [1.54, 1.807) is 0 Å². The minimum atomic E-state index is -0.296. The van der Waals surface area contributed by atoms with Gasteiger partial charge in [0.25, 0.3) is 0 Å². The van der Waals surface area contributed by atoms with Crippen LogP contribution in [0.2, 0.25) is 0 Å². The maximum absolute atomic E-state index is 11.1. The summed E-state index contributed by atoms with van der Waals surface area (Å²) in [6.45, 7) is 9.45. The number of nitrogens with one attached hydrogen (secondary N) is 1. The average Bonchev–Trinajstić information content (AvgIpc) is 1.95. The molecule has 0 spiro atoms. The van der Waals surface area contributed by atoms with Gasteiger partial charge in [-0.1, -0.05) is 18.2 Å². The summed E-state index contributed by atoms with van der Waals surface area (Å²) in [5, 5.41) is 2.97. The molecule has 0 aromatic heterocycles. The van der Waals surface area contributed by atoms with Crippen molar-refractivity contribution in [1.29, 1.82) is 0 Å². The molecule has 0 heterocycles. The van der Waals surface area contributed by atoms with Gasteiger partial charge in [0.05, 0.1) is 12.1 Å². The van der Waals surface area contributed by atoms with Gasteiger partial charge in [0, 0.05) is 5.03 Å². The first-order valence-electron chi connectivity index (χ1n) is 4.05. The lowest BCUT2D eigenvalue weighted by atomic mass is 10.2. The van der Waals surface area contributed by atoms with Crippen LogP contribution < -0.4 is 5.32 Å².